The first-order valence-electron chi connectivity index (χ1n) is 4.32. The highest BCUT2D eigenvalue weighted by molar-refractivity contribution is 7.93. The summed E-state index contributed by atoms with van der Waals surface area (Å²) in [5.74, 6) is -1.08. The molecule has 0 atom stereocenters. The van der Waals surface area contributed by atoms with Crippen LogP contribution in [0.1, 0.15) is 0 Å². The molecule has 11 heteroatoms. The SMILES string of the molecule is Nc1cc(Cl)cc(S(=O)(=O)Nc2nnns2)c1F. The maximum atomic E-state index is 13.7. The fourth-order valence-electron chi connectivity index (χ4n) is 1.12. The molecule has 0 aliphatic rings. The zero-order valence-corrected chi connectivity index (χ0v) is 10.9. The molecule has 2 rings (SSSR count). The minimum atomic E-state index is -4.18. The number of halogens is 2. The number of nitrogen functional groups attached to an aromatic ring is 1. The Hall–Kier alpha value is -1.52. The maximum Gasteiger partial charge on any atom is 0.266 e. The second kappa shape index (κ2) is 4.63. The molecule has 0 aliphatic carbocycles. The van der Waals surface area contributed by atoms with E-state index in [1.54, 1.807) is 0 Å². The van der Waals surface area contributed by atoms with E-state index in [0.29, 0.717) is 11.5 Å². The number of benzene rings is 1. The number of nitrogens with two attached hydrogens (primary N) is 1. The predicted molar refractivity (Wildman–Crippen MR) is 64.3 cm³/mol. The van der Waals surface area contributed by atoms with Crippen LogP contribution in [0.4, 0.5) is 15.2 Å². The Labute approximate surface area is 110 Å². The lowest BCUT2D eigenvalue weighted by molar-refractivity contribution is 0.573. The highest BCUT2D eigenvalue weighted by Gasteiger charge is 2.23. The molecule has 18 heavy (non-hydrogen) atoms. The first-order chi connectivity index (χ1) is 8.40. The highest BCUT2D eigenvalue weighted by Crippen LogP contribution is 2.26. The van der Waals surface area contributed by atoms with Gasteiger partial charge in [0, 0.05) is 16.6 Å². The van der Waals surface area contributed by atoms with Gasteiger partial charge < -0.3 is 5.73 Å². The number of sulfonamides is 1. The smallest absolute Gasteiger partial charge is 0.266 e. The van der Waals surface area contributed by atoms with Crippen LogP contribution in [-0.2, 0) is 10.0 Å². The van der Waals surface area contributed by atoms with Gasteiger partial charge in [0.05, 0.1) is 5.69 Å². The van der Waals surface area contributed by atoms with Crippen LogP contribution in [0, 0.1) is 5.82 Å². The number of hydrogen-bond acceptors (Lipinski definition) is 7. The summed E-state index contributed by atoms with van der Waals surface area (Å²) < 4.78 is 42.8. The monoisotopic (exact) mass is 309 g/mol. The van der Waals surface area contributed by atoms with Crippen LogP contribution in [0.2, 0.25) is 5.02 Å². The van der Waals surface area contributed by atoms with Crippen molar-refractivity contribution in [1.29, 1.82) is 0 Å². The van der Waals surface area contributed by atoms with E-state index in [-0.39, 0.29) is 15.8 Å². The average molecular weight is 310 g/mol. The Bertz CT molecular complexity index is 675. The molecule has 0 saturated heterocycles. The summed E-state index contributed by atoms with van der Waals surface area (Å²) in [4.78, 5) is -0.664. The lowest BCUT2D eigenvalue weighted by atomic mass is 10.3. The number of aromatic nitrogens is 3. The predicted octanol–water partition coefficient (Wildman–Crippen LogP) is 1.11. The normalized spacial score (nSPS) is 11.4. The topological polar surface area (TPSA) is 111 Å². The average Bonchev–Trinajstić information content (AvgIpc) is 2.75. The van der Waals surface area contributed by atoms with Gasteiger partial charge in [-0.15, -0.1) is 0 Å². The van der Waals surface area contributed by atoms with E-state index >= 15 is 0 Å². The molecular weight excluding hydrogens is 305 g/mol. The number of nitrogens with one attached hydrogen (secondary N) is 1. The van der Waals surface area contributed by atoms with Gasteiger partial charge in [0.15, 0.2) is 5.82 Å². The van der Waals surface area contributed by atoms with Crippen molar-refractivity contribution < 1.29 is 12.8 Å². The third-order valence-electron chi connectivity index (χ3n) is 1.84. The molecule has 0 unspecified atom stereocenters. The van der Waals surface area contributed by atoms with E-state index < -0.39 is 20.7 Å². The van der Waals surface area contributed by atoms with Gasteiger partial charge in [0.2, 0.25) is 5.13 Å². The van der Waals surface area contributed by atoms with Crippen molar-refractivity contribution in [2.75, 3.05) is 10.5 Å². The Kier molecular flexibility index (Phi) is 3.32. The molecule has 0 amide bonds. The first kappa shape index (κ1) is 12.9. The third kappa shape index (κ3) is 2.49. The van der Waals surface area contributed by atoms with Crippen molar-refractivity contribution in [3.05, 3.63) is 23.0 Å². The van der Waals surface area contributed by atoms with Gasteiger partial charge in [0.25, 0.3) is 10.0 Å². The van der Waals surface area contributed by atoms with Crippen LogP contribution in [0.3, 0.4) is 0 Å². The van der Waals surface area contributed by atoms with Crippen LogP contribution in [0.15, 0.2) is 17.0 Å². The van der Waals surface area contributed by atoms with Crippen molar-refractivity contribution in [3.8, 4) is 0 Å². The summed E-state index contributed by atoms with van der Waals surface area (Å²) in [7, 11) is -4.18. The number of rotatable bonds is 3. The fraction of sp³-hybridized carbons (Fsp3) is 0. The van der Waals surface area contributed by atoms with Crippen molar-refractivity contribution in [3.63, 3.8) is 0 Å². The molecule has 0 saturated carbocycles. The molecule has 0 aliphatic heterocycles. The molecule has 2 aromatic rings. The van der Waals surface area contributed by atoms with Gasteiger partial charge in [-0.3, -0.25) is 4.72 Å². The van der Waals surface area contributed by atoms with Crippen molar-refractivity contribution >= 4 is 44.0 Å². The van der Waals surface area contributed by atoms with Crippen LogP contribution < -0.4 is 10.5 Å². The van der Waals surface area contributed by atoms with E-state index in [4.69, 9.17) is 17.3 Å². The minimum absolute atomic E-state index is 0.00432. The van der Waals surface area contributed by atoms with Gasteiger partial charge >= 0.3 is 0 Å². The van der Waals surface area contributed by atoms with Gasteiger partial charge in [-0.1, -0.05) is 21.2 Å². The van der Waals surface area contributed by atoms with E-state index in [9.17, 15) is 12.8 Å². The quantitative estimate of drug-likeness (QED) is 0.822. The molecule has 1 heterocycles. The summed E-state index contributed by atoms with van der Waals surface area (Å²) in [5, 5.41) is 6.50. The molecule has 96 valence electrons. The van der Waals surface area contributed by atoms with Crippen molar-refractivity contribution in [2.24, 2.45) is 0 Å². The van der Waals surface area contributed by atoms with Crippen LogP contribution in [0.25, 0.3) is 0 Å². The summed E-state index contributed by atoms with van der Waals surface area (Å²) in [6.45, 7) is 0. The van der Waals surface area contributed by atoms with Gasteiger partial charge in [0.1, 0.15) is 4.90 Å². The van der Waals surface area contributed by atoms with Crippen molar-refractivity contribution in [1.82, 2.24) is 14.8 Å². The Balaban J connectivity index is 2.48. The van der Waals surface area contributed by atoms with Gasteiger partial charge in [-0.25, -0.2) is 12.8 Å². The summed E-state index contributed by atoms with van der Waals surface area (Å²) >= 11 is 6.34. The van der Waals surface area contributed by atoms with E-state index in [2.05, 4.69) is 14.8 Å². The van der Waals surface area contributed by atoms with Crippen LogP contribution >= 0.6 is 23.1 Å². The zero-order chi connectivity index (χ0) is 13.3. The van der Waals surface area contributed by atoms with Gasteiger partial charge in [-0.2, -0.15) is 0 Å². The van der Waals surface area contributed by atoms with Crippen LogP contribution in [0.5, 0.6) is 0 Å². The molecule has 0 spiro atoms. The summed E-state index contributed by atoms with van der Waals surface area (Å²) in [5.41, 5.74) is 4.94. The molecule has 0 fully saturated rings. The Morgan fingerprint density at radius 2 is 2.17 bits per heavy atom. The molecule has 0 radical (unpaired) electrons. The Morgan fingerprint density at radius 1 is 1.44 bits per heavy atom. The van der Waals surface area contributed by atoms with Crippen LogP contribution in [-0.4, -0.2) is 23.2 Å². The molecule has 7 nitrogen and oxygen atoms in total. The molecule has 1 aromatic carbocycles. The standard InChI is InChI=1S/C7H5ClFN5O2S2/c8-3-1-4(10)6(9)5(2-3)18(15,16)12-7-11-13-14-17-7/h1-2H,10H2,(H,11,12,14). The van der Waals surface area contributed by atoms with Crippen molar-refractivity contribution in [2.45, 2.75) is 4.90 Å². The Morgan fingerprint density at radius 3 is 2.78 bits per heavy atom. The third-order valence-corrected chi connectivity index (χ3v) is 4.04. The second-order valence-corrected chi connectivity index (χ2v) is 5.90. The highest BCUT2D eigenvalue weighted by atomic mass is 35.5. The van der Waals surface area contributed by atoms with Gasteiger partial charge in [-0.05, 0) is 17.3 Å². The largest absolute Gasteiger partial charge is 0.396 e. The number of anilines is 2. The van der Waals surface area contributed by atoms with E-state index in [0.717, 1.165) is 12.1 Å². The summed E-state index contributed by atoms with van der Waals surface area (Å²) in [6.07, 6.45) is 0. The molecule has 3 N–H and O–H groups in total. The zero-order valence-electron chi connectivity index (χ0n) is 8.46. The minimum Gasteiger partial charge on any atom is -0.396 e. The molecule has 0 bridgehead atoms. The van der Waals surface area contributed by atoms with E-state index in [1.165, 1.54) is 0 Å². The number of nitrogens with zero attached hydrogens (tertiary/aromatic N) is 3. The fourth-order valence-corrected chi connectivity index (χ4v) is 3.13. The molecular formula is C7H5ClFN5O2S2. The lowest BCUT2D eigenvalue weighted by Crippen LogP contribution is -2.15. The number of hydrogen-bond donors (Lipinski definition) is 2. The lowest BCUT2D eigenvalue weighted by Gasteiger charge is -2.07. The van der Waals surface area contributed by atoms with E-state index in [1.807, 2.05) is 4.72 Å². The summed E-state index contributed by atoms with van der Waals surface area (Å²) in [6, 6.07) is 2.06. The molecule has 1 aromatic heterocycles. The maximum absolute atomic E-state index is 13.7. The second-order valence-electron chi connectivity index (χ2n) is 3.08. The first-order valence-corrected chi connectivity index (χ1v) is 6.96.